The van der Waals surface area contributed by atoms with Crippen LogP contribution in [0.2, 0.25) is 0 Å². The smallest absolute Gasteiger partial charge is 0.190 e. The molecule has 0 heterocycles. The molecule has 3 saturated carbocycles. The van der Waals surface area contributed by atoms with E-state index in [1.54, 1.807) is 0 Å². The van der Waals surface area contributed by atoms with Gasteiger partial charge in [-0.1, -0.05) is 19.4 Å². The summed E-state index contributed by atoms with van der Waals surface area (Å²) in [5, 5.41) is 20.5. The second-order valence-electron chi connectivity index (χ2n) is 9.41. The van der Waals surface area contributed by atoms with Crippen LogP contribution in [0.5, 0.6) is 0 Å². The van der Waals surface area contributed by atoms with Gasteiger partial charge < -0.3 is 10.2 Å². The summed E-state index contributed by atoms with van der Waals surface area (Å²) in [6, 6.07) is 0. The predicted octanol–water partition coefficient (Wildman–Crippen LogP) is 2.81. The predicted molar refractivity (Wildman–Crippen MR) is 93.8 cm³/mol. The number of Topliss-reactive ketones (excluding diaryl/α,β-unsaturated/α-hetero) is 1. The van der Waals surface area contributed by atoms with Crippen LogP contribution >= 0.6 is 0 Å². The molecule has 0 aromatic carbocycles. The Balaban J connectivity index is 1.68. The molecule has 0 bridgehead atoms. The second-order valence-corrected chi connectivity index (χ2v) is 9.41. The normalized spacial score (nSPS) is 49.0. The number of aliphatic hydroxyl groups is 2. The van der Waals surface area contributed by atoms with Crippen LogP contribution < -0.4 is 0 Å². The summed E-state index contributed by atoms with van der Waals surface area (Å²) in [6.07, 6.45) is 8.72. The van der Waals surface area contributed by atoms with Gasteiger partial charge in [0.05, 0.1) is 0 Å². The molecular weight excluding hydrogens is 316 g/mol. The van der Waals surface area contributed by atoms with E-state index in [4.69, 9.17) is 0 Å². The molecule has 2 N–H and O–H groups in total. The number of allylic oxidation sites excluding steroid dienone is 1. The molecule has 0 saturated heterocycles. The van der Waals surface area contributed by atoms with E-state index in [2.05, 4.69) is 13.8 Å². The first-order valence-corrected chi connectivity index (χ1v) is 9.87. The molecule has 0 amide bonds. The third-order valence-electron chi connectivity index (χ3n) is 8.72. The van der Waals surface area contributed by atoms with Crippen molar-refractivity contribution in [1.82, 2.24) is 0 Å². The van der Waals surface area contributed by atoms with E-state index in [1.807, 2.05) is 6.08 Å². The molecule has 0 aliphatic heterocycles. The Hall–Kier alpha value is -1.00. The lowest BCUT2D eigenvalue weighted by molar-refractivity contribution is -0.164. The Labute approximate surface area is 149 Å². The molecule has 3 fully saturated rings. The van der Waals surface area contributed by atoms with Crippen LogP contribution in [0.3, 0.4) is 0 Å². The summed E-state index contributed by atoms with van der Waals surface area (Å²) in [6.45, 7) is 3.84. The van der Waals surface area contributed by atoms with Crippen LogP contribution in [0, 0.1) is 28.6 Å². The van der Waals surface area contributed by atoms with Gasteiger partial charge in [-0.15, -0.1) is 0 Å². The van der Waals surface area contributed by atoms with Gasteiger partial charge in [-0.25, -0.2) is 0 Å². The van der Waals surface area contributed by atoms with E-state index in [1.165, 1.54) is 5.57 Å². The summed E-state index contributed by atoms with van der Waals surface area (Å²) in [5.74, 6) is 1.26. The standard InChI is InChI=1S/C21H30O4/c1-19-8-5-14(23)11-13(19)3-4-15-16(19)6-9-20(2)17(15)7-10-21(20,25)18(24)12-22/h11,15-17,22,25H,3-10,12H2,1-2H3/t15-,16-,17-,19+,20+,21+/m1/s1. The lowest BCUT2D eigenvalue weighted by atomic mass is 9.46. The average molecular weight is 346 g/mol. The molecule has 4 rings (SSSR count). The van der Waals surface area contributed by atoms with Crippen LogP contribution in [0.1, 0.15) is 65.2 Å². The van der Waals surface area contributed by atoms with Crippen molar-refractivity contribution in [3.05, 3.63) is 11.6 Å². The minimum atomic E-state index is -1.36. The molecule has 0 aromatic rings. The fourth-order valence-corrected chi connectivity index (χ4v) is 7.16. The van der Waals surface area contributed by atoms with Crippen molar-refractivity contribution in [2.75, 3.05) is 6.61 Å². The van der Waals surface area contributed by atoms with Gasteiger partial charge in [-0.3, -0.25) is 9.59 Å². The van der Waals surface area contributed by atoms with E-state index in [9.17, 15) is 19.8 Å². The lowest BCUT2D eigenvalue weighted by Gasteiger charge is -2.58. The first-order chi connectivity index (χ1) is 11.8. The van der Waals surface area contributed by atoms with Crippen molar-refractivity contribution in [2.24, 2.45) is 28.6 Å². The van der Waals surface area contributed by atoms with Crippen LogP contribution in [0.25, 0.3) is 0 Å². The molecule has 4 heteroatoms. The molecule has 4 aliphatic rings. The van der Waals surface area contributed by atoms with Crippen molar-refractivity contribution in [3.63, 3.8) is 0 Å². The van der Waals surface area contributed by atoms with Gasteiger partial charge in [-0.05, 0) is 74.2 Å². The fraction of sp³-hybridized carbons (Fsp3) is 0.810. The number of hydrogen-bond acceptors (Lipinski definition) is 4. The van der Waals surface area contributed by atoms with Crippen molar-refractivity contribution < 1.29 is 19.8 Å². The zero-order valence-corrected chi connectivity index (χ0v) is 15.4. The maximum atomic E-state index is 12.3. The number of hydrogen-bond donors (Lipinski definition) is 2. The summed E-state index contributed by atoms with van der Waals surface area (Å²) in [7, 11) is 0. The number of aliphatic hydroxyl groups excluding tert-OH is 1. The first-order valence-electron chi connectivity index (χ1n) is 9.87. The maximum absolute atomic E-state index is 12.3. The topological polar surface area (TPSA) is 74.6 Å². The zero-order chi connectivity index (χ0) is 18.0. The monoisotopic (exact) mass is 346 g/mol. The maximum Gasteiger partial charge on any atom is 0.190 e. The number of rotatable bonds is 2. The minimum absolute atomic E-state index is 0.111. The highest BCUT2D eigenvalue weighted by Gasteiger charge is 2.65. The highest BCUT2D eigenvalue weighted by Crippen LogP contribution is 2.67. The number of ketones is 2. The fourth-order valence-electron chi connectivity index (χ4n) is 7.16. The van der Waals surface area contributed by atoms with E-state index in [0.717, 1.165) is 38.5 Å². The van der Waals surface area contributed by atoms with E-state index < -0.39 is 23.4 Å². The van der Waals surface area contributed by atoms with Gasteiger partial charge in [-0.2, -0.15) is 0 Å². The van der Waals surface area contributed by atoms with E-state index in [0.29, 0.717) is 30.6 Å². The summed E-state index contributed by atoms with van der Waals surface area (Å²) in [4.78, 5) is 24.2. The van der Waals surface area contributed by atoms with Gasteiger partial charge in [0.2, 0.25) is 0 Å². The van der Waals surface area contributed by atoms with Crippen LogP contribution in [-0.2, 0) is 9.59 Å². The van der Waals surface area contributed by atoms with Crippen molar-refractivity contribution in [2.45, 2.75) is 70.8 Å². The zero-order valence-electron chi connectivity index (χ0n) is 15.4. The van der Waals surface area contributed by atoms with Crippen molar-refractivity contribution in [1.29, 1.82) is 0 Å². The number of carbonyl (C=O) groups excluding carboxylic acids is 2. The third-order valence-corrected chi connectivity index (χ3v) is 8.72. The lowest BCUT2D eigenvalue weighted by Crippen LogP contribution is -2.58. The molecule has 4 nitrogen and oxygen atoms in total. The molecule has 0 radical (unpaired) electrons. The molecule has 0 aromatic heterocycles. The molecule has 25 heavy (non-hydrogen) atoms. The Morgan fingerprint density at radius 3 is 2.56 bits per heavy atom. The molecule has 4 aliphatic carbocycles. The van der Waals surface area contributed by atoms with Gasteiger partial charge in [0.25, 0.3) is 0 Å². The highest BCUT2D eigenvalue weighted by molar-refractivity contribution is 5.91. The Bertz CT molecular complexity index is 652. The van der Waals surface area contributed by atoms with Crippen molar-refractivity contribution in [3.8, 4) is 0 Å². The van der Waals surface area contributed by atoms with Gasteiger partial charge >= 0.3 is 0 Å². The Kier molecular flexibility index (Phi) is 3.83. The number of carbonyl (C=O) groups is 2. The van der Waals surface area contributed by atoms with Gasteiger partial charge in [0, 0.05) is 11.8 Å². The Morgan fingerprint density at radius 1 is 1.12 bits per heavy atom. The molecular formula is C21H30O4. The largest absolute Gasteiger partial charge is 0.388 e. The van der Waals surface area contributed by atoms with Gasteiger partial charge in [0.1, 0.15) is 12.2 Å². The average Bonchev–Trinajstić information content (AvgIpc) is 2.87. The SMILES string of the molecule is C[C@]12CCC(=O)C=C1CC[C@@H]1[C@H]2CC[C@@]2(C)[C@@H]1CC[C@]2(O)C(=O)CO. The van der Waals surface area contributed by atoms with Crippen LogP contribution in [0.4, 0.5) is 0 Å². The van der Waals surface area contributed by atoms with Crippen LogP contribution in [-0.4, -0.2) is 34.0 Å². The molecule has 138 valence electrons. The van der Waals surface area contributed by atoms with Crippen LogP contribution in [0.15, 0.2) is 11.6 Å². The van der Waals surface area contributed by atoms with E-state index >= 15 is 0 Å². The number of fused-ring (bicyclic) bond motifs is 5. The quantitative estimate of drug-likeness (QED) is 0.806. The molecule has 6 atom stereocenters. The van der Waals surface area contributed by atoms with Crippen molar-refractivity contribution >= 4 is 11.6 Å². The summed E-state index contributed by atoms with van der Waals surface area (Å²) < 4.78 is 0. The highest BCUT2D eigenvalue weighted by atomic mass is 16.3. The minimum Gasteiger partial charge on any atom is -0.388 e. The van der Waals surface area contributed by atoms with E-state index in [-0.39, 0.29) is 11.2 Å². The molecule has 0 spiro atoms. The third kappa shape index (κ3) is 2.13. The Morgan fingerprint density at radius 2 is 1.84 bits per heavy atom. The second kappa shape index (κ2) is 5.50. The first kappa shape index (κ1) is 17.4. The van der Waals surface area contributed by atoms with Gasteiger partial charge in [0.15, 0.2) is 11.6 Å². The summed E-state index contributed by atoms with van der Waals surface area (Å²) >= 11 is 0. The summed E-state index contributed by atoms with van der Waals surface area (Å²) in [5.41, 5.74) is -0.333. The molecule has 0 unspecified atom stereocenters.